The van der Waals surface area contributed by atoms with E-state index in [1.165, 1.54) is 12.3 Å². The molecule has 8 heteroatoms. The van der Waals surface area contributed by atoms with Gasteiger partial charge in [-0.05, 0) is 38.8 Å². The Labute approximate surface area is 144 Å². The quantitative estimate of drug-likeness (QED) is 0.837. The fraction of sp³-hybridized carbons (Fsp3) is 0.647. The average molecular weight is 357 g/mol. The predicted molar refractivity (Wildman–Crippen MR) is 84.8 cm³/mol. The Morgan fingerprint density at radius 3 is 2.56 bits per heavy atom. The summed E-state index contributed by atoms with van der Waals surface area (Å²) < 4.78 is 43.4. The van der Waals surface area contributed by atoms with Gasteiger partial charge in [-0.3, -0.25) is 4.98 Å². The molecule has 2 fully saturated rings. The molecule has 1 aromatic rings. The molecular weight excluding hydrogens is 335 g/mol. The van der Waals surface area contributed by atoms with E-state index in [0.29, 0.717) is 18.7 Å². The van der Waals surface area contributed by atoms with Crippen LogP contribution in [0.4, 0.5) is 18.0 Å². The predicted octanol–water partition coefficient (Wildman–Crippen LogP) is 3.37. The van der Waals surface area contributed by atoms with Gasteiger partial charge in [-0.15, -0.1) is 0 Å². The van der Waals surface area contributed by atoms with Crippen LogP contribution >= 0.6 is 0 Å². The number of likely N-dealkylation sites (tertiary alicyclic amines) is 1. The molecule has 1 aromatic heterocycles. The third kappa shape index (κ3) is 3.58. The van der Waals surface area contributed by atoms with E-state index < -0.39 is 17.5 Å². The van der Waals surface area contributed by atoms with Crippen molar-refractivity contribution in [3.05, 3.63) is 29.6 Å². The van der Waals surface area contributed by atoms with Crippen LogP contribution in [-0.4, -0.2) is 41.2 Å². The number of alkyl halides is 3. The first-order valence-corrected chi connectivity index (χ1v) is 8.25. The van der Waals surface area contributed by atoms with Crippen LogP contribution < -0.4 is 5.32 Å². The van der Waals surface area contributed by atoms with Crippen molar-refractivity contribution < 1.29 is 22.7 Å². The van der Waals surface area contributed by atoms with Gasteiger partial charge in [-0.25, -0.2) is 4.79 Å². The van der Waals surface area contributed by atoms with E-state index in [0.717, 1.165) is 19.0 Å². The fourth-order valence-electron chi connectivity index (χ4n) is 3.47. The normalized spacial score (nSPS) is 26.6. The maximum atomic E-state index is 12.7. The molecule has 0 radical (unpaired) electrons. The number of amides is 1. The number of rotatable bonds is 1. The number of ether oxygens (including phenoxy) is 1. The van der Waals surface area contributed by atoms with Gasteiger partial charge < -0.3 is 15.0 Å². The van der Waals surface area contributed by atoms with E-state index >= 15 is 0 Å². The maximum absolute atomic E-state index is 12.7. The Hall–Kier alpha value is -1.83. The number of hydrogen-bond donors (Lipinski definition) is 1. The van der Waals surface area contributed by atoms with E-state index in [1.807, 2.05) is 20.8 Å². The van der Waals surface area contributed by atoms with Gasteiger partial charge in [0.15, 0.2) is 0 Å². The molecular formula is C17H22F3N3O2. The molecule has 3 heterocycles. The van der Waals surface area contributed by atoms with Gasteiger partial charge >= 0.3 is 12.3 Å². The van der Waals surface area contributed by atoms with Crippen molar-refractivity contribution in [2.75, 3.05) is 19.6 Å². The zero-order valence-corrected chi connectivity index (χ0v) is 14.5. The van der Waals surface area contributed by atoms with E-state index in [4.69, 9.17) is 4.74 Å². The second-order valence-electron chi connectivity index (χ2n) is 7.80. The van der Waals surface area contributed by atoms with Gasteiger partial charge in [0.25, 0.3) is 0 Å². The maximum Gasteiger partial charge on any atom is 0.433 e. The van der Waals surface area contributed by atoms with Gasteiger partial charge in [0.1, 0.15) is 11.3 Å². The van der Waals surface area contributed by atoms with Crippen LogP contribution in [-0.2, 0) is 10.9 Å². The molecule has 138 valence electrons. The summed E-state index contributed by atoms with van der Waals surface area (Å²) in [6, 6.07) is 2.36. The second kappa shape index (κ2) is 5.86. The Kier molecular flexibility index (Phi) is 4.21. The van der Waals surface area contributed by atoms with E-state index in [2.05, 4.69) is 10.3 Å². The van der Waals surface area contributed by atoms with Crippen LogP contribution in [0.3, 0.4) is 0 Å². The van der Waals surface area contributed by atoms with Crippen molar-refractivity contribution in [2.24, 2.45) is 5.41 Å². The number of halogens is 3. The zero-order valence-electron chi connectivity index (χ0n) is 14.5. The van der Waals surface area contributed by atoms with Crippen molar-refractivity contribution in [3.63, 3.8) is 0 Å². The molecule has 5 nitrogen and oxygen atoms in total. The Morgan fingerprint density at radius 1 is 1.36 bits per heavy atom. The molecule has 1 N–H and O–H groups in total. The van der Waals surface area contributed by atoms with Crippen LogP contribution in [0.1, 0.15) is 44.5 Å². The Morgan fingerprint density at radius 2 is 2.08 bits per heavy atom. The molecule has 1 spiro atoms. The Bertz CT molecular complexity index is 655. The van der Waals surface area contributed by atoms with Crippen LogP contribution in [0.15, 0.2) is 18.3 Å². The van der Waals surface area contributed by atoms with E-state index in [9.17, 15) is 18.0 Å². The topological polar surface area (TPSA) is 54.5 Å². The highest BCUT2D eigenvalue weighted by atomic mass is 19.4. The molecule has 0 saturated carbocycles. The first kappa shape index (κ1) is 18.0. The lowest BCUT2D eigenvalue weighted by Gasteiger charge is -2.48. The van der Waals surface area contributed by atoms with Gasteiger partial charge in [-0.2, -0.15) is 13.2 Å². The minimum atomic E-state index is -4.44. The number of carbonyl (C=O) groups is 1. The summed E-state index contributed by atoms with van der Waals surface area (Å²) in [7, 11) is 0. The fourth-order valence-corrected chi connectivity index (χ4v) is 3.47. The lowest BCUT2D eigenvalue weighted by Crippen LogP contribution is -2.57. The molecule has 2 atom stereocenters. The van der Waals surface area contributed by atoms with Crippen molar-refractivity contribution in [2.45, 2.75) is 45.0 Å². The highest BCUT2D eigenvalue weighted by Crippen LogP contribution is 2.48. The summed E-state index contributed by atoms with van der Waals surface area (Å²) in [5.74, 6) is 0. The van der Waals surface area contributed by atoms with Gasteiger partial charge in [-0.1, -0.05) is 6.07 Å². The van der Waals surface area contributed by atoms with Gasteiger partial charge in [0, 0.05) is 37.3 Å². The molecule has 2 saturated heterocycles. The number of carbonyl (C=O) groups excluding carboxylic acids is 1. The average Bonchev–Trinajstić information content (AvgIpc) is 2.92. The smallest absolute Gasteiger partial charge is 0.433 e. The van der Waals surface area contributed by atoms with Crippen molar-refractivity contribution in [1.29, 1.82) is 0 Å². The highest BCUT2D eigenvalue weighted by molar-refractivity contribution is 5.68. The number of pyridine rings is 1. The number of nitrogens with one attached hydrogen (secondary N) is 1. The summed E-state index contributed by atoms with van der Waals surface area (Å²) in [5.41, 5.74) is -0.906. The molecule has 0 aliphatic carbocycles. The van der Waals surface area contributed by atoms with E-state index in [1.54, 1.807) is 4.90 Å². The lowest BCUT2D eigenvalue weighted by atomic mass is 9.70. The van der Waals surface area contributed by atoms with Gasteiger partial charge in [0.2, 0.25) is 0 Å². The molecule has 0 aromatic carbocycles. The molecule has 1 amide bonds. The van der Waals surface area contributed by atoms with Crippen LogP contribution in [0.25, 0.3) is 0 Å². The largest absolute Gasteiger partial charge is 0.444 e. The highest BCUT2D eigenvalue weighted by Gasteiger charge is 2.53. The summed E-state index contributed by atoms with van der Waals surface area (Å²) in [4.78, 5) is 17.4. The van der Waals surface area contributed by atoms with Crippen molar-refractivity contribution >= 4 is 6.09 Å². The van der Waals surface area contributed by atoms with Crippen LogP contribution in [0.2, 0.25) is 0 Å². The molecule has 0 bridgehead atoms. The summed E-state index contributed by atoms with van der Waals surface area (Å²) in [6.45, 7) is 7.29. The summed E-state index contributed by atoms with van der Waals surface area (Å²) in [6.07, 6.45) is -2.73. The minimum absolute atomic E-state index is 0.102. The lowest BCUT2D eigenvalue weighted by molar-refractivity contribution is -0.141. The van der Waals surface area contributed by atoms with Crippen molar-refractivity contribution in [1.82, 2.24) is 15.2 Å². The minimum Gasteiger partial charge on any atom is -0.444 e. The first-order chi connectivity index (χ1) is 11.5. The second-order valence-corrected chi connectivity index (χ2v) is 7.80. The SMILES string of the molecule is CC(C)(C)OC(=O)N1CCC2(CNC2c2ccc(C(F)(F)F)nc2)C1. The monoisotopic (exact) mass is 357 g/mol. The molecule has 25 heavy (non-hydrogen) atoms. The third-order valence-electron chi connectivity index (χ3n) is 4.72. The summed E-state index contributed by atoms with van der Waals surface area (Å²) in [5, 5.41) is 3.26. The standard InChI is InChI=1S/C17H22F3N3O2/c1-15(2,3)25-14(24)23-7-6-16(10-23)9-22-13(16)11-4-5-12(21-8-11)17(18,19)20/h4-5,8,13,22H,6-7,9-10H2,1-3H3. The Balaban J connectivity index is 1.69. The first-order valence-electron chi connectivity index (χ1n) is 8.25. The molecule has 2 aliphatic heterocycles. The number of nitrogens with zero attached hydrogens (tertiary/aromatic N) is 2. The van der Waals surface area contributed by atoms with E-state index in [-0.39, 0.29) is 17.6 Å². The number of aromatic nitrogens is 1. The number of hydrogen-bond acceptors (Lipinski definition) is 4. The third-order valence-corrected chi connectivity index (χ3v) is 4.72. The zero-order chi connectivity index (χ0) is 18.5. The molecule has 2 unspecified atom stereocenters. The van der Waals surface area contributed by atoms with Crippen LogP contribution in [0.5, 0.6) is 0 Å². The molecule has 3 rings (SSSR count). The molecule has 2 aliphatic rings. The summed E-state index contributed by atoms with van der Waals surface area (Å²) >= 11 is 0. The van der Waals surface area contributed by atoms with Gasteiger partial charge in [0.05, 0.1) is 0 Å². The van der Waals surface area contributed by atoms with Crippen molar-refractivity contribution in [3.8, 4) is 0 Å². The van der Waals surface area contributed by atoms with Crippen LogP contribution in [0, 0.1) is 5.41 Å².